The third-order valence-corrected chi connectivity index (χ3v) is 1.97. The zero-order valence-electron chi connectivity index (χ0n) is 7.69. The van der Waals surface area contributed by atoms with Crippen molar-refractivity contribution < 1.29 is 4.79 Å². The molecule has 0 saturated heterocycles. The van der Waals surface area contributed by atoms with Crippen LogP contribution in [0.4, 0.5) is 5.82 Å². The van der Waals surface area contributed by atoms with Gasteiger partial charge in [-0.2, -0.15) is 5.10 Å². The van der Waals surface area contributed by atoms with Crippen LogP contribution in [0.1, 0.15) is 10.4 Å². The number of rotatable bonds is 1. The quantitative estimate of drug-likeness (QED) is 0.678. The van der Waals surface area contributed by atoms with Crippen molar-refractivity contribution in [3.63, 3.8) is 0 Å². The minimum Gasteiger partial charge on any atom is -0.382 e. The lowest BCUT2D eigenvalue weighted by atomic mass is 10.2. The van der Waals surface area contributed by atoms with E-state index in [-0.39, 0.29) is 5.91 Å². The Bertz CT molecular complexity index is 489. The van der Waals surface area contributed by atoms with Crippen LogP contribution in [-0.4, -0.2) is 22.6 Å². The number of hydrogen-bond acceptors (Lipinski definition) is 3. The summed E-state index contributed by atoms with van der Waals surface area (Å²) in [5.41, 5.74) is 6.92. The molecule has 0 bridgehead atoms. The monoisotopic (exact) mass is 190 g/mol. The maximum atomic E-state index is 11.3. The third kappa shape index (κ3) is 1.28. The first kappa shape index (κ1) is 8.55. The summed E-state index contributed by atoms with van der Waals surface area (Å²) in [5.74, 6) is 0.325. The molecule has 0 aliphatic rings. The molecule has 0 unspecified atom stereocenters. The number of pyridine rings is 1. The van der Waals surface area contributed by atoms with Crippen molar-refractivity contribution >= 4 is 17.2 Å². The minimum atomic E-state index is -0.118. The summed E-state index contributed by atoms with van der Waals surface area (Å²) in [4.78, 5) is 11.3. The van der Waals surface area contributed by atoms with Gasteiger partial charge in [-0.05, 0) is 12.1 Å². The van der Waals surface area contributed by atoms with Crippen molar-refractivity contribution in [2.24, 2.45) is 0 Å². The number of nitrogens with zero attached hydrogens (tertiary/aromatic N) is 2. The maximum absolute atomic E-state index is 11.3. The summed E-state index contributed by atoms with van der Waals surface area (Å²) in [5, 5.41) is 6.56. The highest BCUT2D eigenvalue weighted by Crippen LogP contribution is 2.10. The third-order valence-electron chi connectivity index (χ3n) is 1.97. The molecule has 0 aliphatic heterocycles. The summed E-state index contributed by atoms with van der Waals surface area (Å²) >= 11 is 0. The van der Waals surface area contributed by atoms with Crippen molar-refractivity contribution in [2.45, 2.75) is 0 Å². The molecule has 0 atom stereocenters. The van der Waals surface area contributed by atoms with Crippen LogP contribution in [0.15, 0.2) is 24.4 Å². The van der Waals surface area contributed by atoms with E-state index in [4.69, 9.17) is 5.73 Å². The van der Waals surface area contributed by atoms with Crippen molar-refractivity contribution in [1.29, 1.82) is 0 Å². The smallest absolute Gasteiger partial charge is 0.251 e. The van der Waals surface area contributed by atoms with Crippen LogP contribution in [0.25, 0.3) is 5.52 Å². The second kappa shape index (κ2) is 3.02. The van der Waals surface area contributed by atoms with Gasteiger partial charge in [0.1, 0.15) is 5.82 Å². The lowest BCUT2D eigenvalue weighted by Crippen LogP contribution is -2.17. The van der Waals surface area contributed by atoms with Crippen molar-refractivity contribution in [3.8, 4) is 0 Å². The molecule has 14 heavy (non-hydrogen) atoms. The van der Waals surface area contributed by atoms with Crippen molar-refractivity contribution in [3.05, 3.63) is 30.0 Å². The van der Waals surface area contributed by atoms with E-state index in [2.05, 4.69) is 10.4 Å². The van der Waals surface area contributed by atoms with E-state index in [1.54, 1.807) is 36.0 Å². The molecule has 5 heteroatoms. The number of nitrogens with one attached hydrogen (secondary N) is 1. The average molecular weight is 190 g/mol. The first-order valence-electron chi connectivity index (χ1n) is 4.17. The molecule has 0 spiro atoms. The van der Waals surface area contributed by atoms with Crippen LogP contribution in [0, 0.1) is 0 Å². The number of carbonyl (C=O) groups is 1. The predicted octanol–water partition coefficient (Wildman–Crippen LogP) is 0.276. The molecule has 0 saturated carbocycles. The molecule has 2 aromatic heterocycles. The normalized spacial score (nSPS) is 10.4. The Labute approximate surface area is 80.5 Å². The number of fused-ring (bicyclic) bond motifs is 1. The van der Waals surface area contributed by atoms with E-state index in [0.717, 1.165) is 5.52 Å². The van der Waals surface area contributed by atoms with Crippen LogP contribution in [0.3, 0.4) is 0 Å². The van der Waals surface area contributed by atoms with Gasteiger partial charge in [-0.25, -0.2) is 4.52 Å². The van der Waals surface area contributed by atoms with Gasteiger partial charge in [0.2, 0.25) is 0 Å². The van der Waals surface area contributed by atoms with Crippen LogP contribution >= 0.6 is 0 Å². The molecule has 2 aromatic rings. The Hall–Kier alpha value is -2.04. The van der Waals surface area contributed by atoms with Gasteiger partial charge in [0.25, 0.3) is 5.91 Å². The zero-order valence-corrected chi connectivity index (χ0v) is 7.69. The standard InChI is InChI=1S/C9H10N4O/c1-11-9(14)6-2-3-13-7(4-6)5-8(10)12-13/h2-5H,1H3,(H2,10,12)(H,11,14). The number of anilines is 1. The van der Waals surface area contributed by atoms with E-state index in [1.165, 1.54) is 0 Å². The summed E-state index contributed by atoms with van der Waals surface area (Å²) in [6.45, 7) is 0. The summed E-state index contributed by atoms with van der Waals surface area (Å²) in [6, 6.07) is 5.15. The van der Waals surface area contributed by atoms with Gasteiger partial charge in [0.15, 0.2) is 0 Å². The van der Waals surface area contributed by atoms with Gasteiger partial charge in [-0.1, -0.05) is 0 Å². The number of nitrogen functional groups attached to an aromatic ring is 1. The molecular weight excluding hydrogens is 180 g/mol. The van der Waals surface area contributed by atoms with Crippen molar-refractivity contribution in [1.82, 2.24) is 14.9 Å². The van der Waals surface area contributed by atoms with Crippen LogP contribution in [0.5, 0.6) is 0 Å². The number of amides is 1. The lowest BCUT2D eigenvalue weighted by molar-refractivity contribution is 0.0963. The molecule has 0 aliphatic carbocycles. The number of carbonyl (C=O) groups excluding carboxylic acids is 1. The molecule has 0 aromatic carbocycles. The van der Waals surface area contributed by atoms with Gasteiger partial charge >= 0.3 is 0 Å². The van der Waals surface area contributed by atoms with Crippen LogP contribution in [-0.2, 0) is 0 Å². The van der Waals surface area contributed by atoms with Crippen molar-refractivity contribution in [2.75, 3.05) is 12.8 Å². The maximum Gasteiger partial charge on any atom is 0.251 e. The summed E-state index contributed by atoms with van der Waals surface area (Å²) in [6.07, 6.45) is 1.70. The van der Waals surface area contributed by atoms with E-state index >= 15 is 0 Å². The van der Waals surface area contributed by atoms with E-state index in [0.29, 0.717) is 11.4 Å². The fourth-order valence-corrected chi connectivity index (χ4v) is 1.30. The first-order chi connectivity index (χ1) is 6.70. The summed E-state index contributed by atoms with van der Waals surface area (Å²) < 4.78 is 1.63. The Morgan fingerprint density at radius 3 is 3.07 bits per heavy atom. The largest absolute Gasteiger partial charge is 0.382 e. The molecular formula is C9H10N4O. The molecule has 5 nitrogen and oxygen atoms in total. The molecule has 0 radical (unpaired) electrons. The minimum absolute atomic E-state index is 0.118. The lowest BCUT2D eigenvalue weighted by Gasteiger charge is -1.99. The molecule has 1 amide bonds. The average Bonchev–Trinajstić information content (AvgIpc) is 2.55. The Morgan fingerprint density at radius 1 is 1.57 bits per heavy atom. The second-order valence-electron chi connectivity index (χ2n) is 2.93. The van der Waals surface area contributed by atoms with E-state index < -0.39 is 0 Å². The Balaban J connectivity index is 2.55. The molecule has 72 valence electrons. The highest BCUT2D eigenvalue weighted by atomic mass is 16.1. The van der Waals surface area contributed by atoms with E-state index in [1.807, 2.05) is 0 Å². The van der Waals surface area contributed by atoms with Gasteiger partial charge in [-0.15, -0.1) is 0 Å². The fraction of sp³-hybridized carbons (Fsp3) is 0.111. The van der Waals surface area contributed by atoms with E-state index in [9.17, 15) is 4.79 Å². The summed E-state index contributed by atoms with van der Waals surface area (Å²) in [7, 11) is 1.59. The molecule has 2 heterocycles. The zero-order chi connectivity index (χ0) is 10.1. The number of hydrogen-bond donors (Lipinski definition) is 2. The van der Waals surface area contributed by atoms with Gasteiger partial charge in [-0.3, -0.25) is 4.79 Å². The number of nitrogens with two attached hydrogens (primary N) is 1. The Morgan fingerprint density at radius 2 is 2.36 bits per heavy atom. The predicted molar refractivity (Wildman–Crippen MR) is 53.0 cm³/mol. The molecule has 3 N–H and O–H groups in total. The topological polar surface area (TPSA) is 72.4 Å². The SMILES string of the molecule is CNC(=O)c1ccn2nc(N)cc2c1. The Kier molecular flexibility index (Phi) is 1.85. The van der Waals surface area contributed by atoms with Crippen LogP contribution < -0.4 is 11.1 Å². The first-order valence-corrected chi connectivity index (χ1v) is 4.17. The van der Waals surface area contributed by atoms with Gasteiger partial charge < -0.3 is 11.1 Å². The second-order valence-corrected chi connectivity index (χ2v) is 2.93. The molecule has 0 fully saturated rings. The molecule has 2 rings (SSSR count). The number of aromatic nitrogens is 2. The highest BCUT2D eigenvalue weighted by molar-refractivity contribution is 5.95. The van der Waals surface area contributed by atoms with Gasteiger partial charge in [0, 0.05) is 24.9 Å². The fourth-order valence-electron chi connectivity index (χ4n) is 1.30. The van der Waals surface area contributed by atoms with Crippen LogP contribution in [0.2, 0.25) is 0 Å². The highest BCUT2D eigenvalue weighted by Gasteiger charge is 2.04. The van der Waals surface area contributed by atoms with Gasteiger partial charge in [0.05, 0.1) is 5.52 Å².